The maximum absolute atomic E-state index is 13.1. The van der Waals surface area contributed by atoms with Crippen LogP contribution < -0.4 is 4.74 Å². The number of imidazole rings is 1. The minimum Gasteiger partial charge on any atom is -0.491 e. The Morgan fingerprint density at radius 3 is 2.83 bits per heavy atom. The van der Waals surface area contributed by atoms with Gasteiger partial charge in [0.05, 0.1) is 29.5 Å². The van der Waals surface area contributed by atoms with Crippen LogP contribution in [-0.2, 0) is 0 Å². The second-order valence-corrected chi connectivity index (χ2v) is 7.79. The molecule has 0 saturated heterocycles. The Hall–Kier alpha value is -3.06. The molecule has 1 aliphatic heterocycles. The number of hydrogen-bond acceptors (Lipinski definition) is 4. The molecule has 8 heteroatoms. The van der Waals surface area contributed by atoms with Crippen LogP contribution in [0.3, 0.4) is 0 Å². The van der Waals surface area contributed by atoms with E-state index in [0.29, 0.717) is 41.5 Å². The molecule has 30 heavy (non-hydrogen) atoms. The molecule has 1 aromatic heterocycles. The smallest absolute Gasteiger partial charge is 0.257 e. The van der Waals surface area contributed by atoms with E-state index in [-0.39, 0.29) is 18.4 Å². The summed E-state index contributed by atoms with van der Waals surface area (Å²) < 4.78 is 5.89. The van der Waals surface area contributed by atoms with Crippen molar-refractivity contribution in [2.75, 3.05) is 33.3 Å². The van der Waals surface area contributed by atoms with E-state index >= 15 is 0 Å². The van der Waals surface area contributed by atoms with E-state index in [1.807, 2.05) is 12.1 Å². The van der Waals surface area contributed by atoms with Gasteiger partial charge in [-0.25, -0.2) is 4.98 Å². The number of halogens is 1. The number of hydrogen-bond donors (Lipinski definition) is 1. The minimum atomic E-state index is -0.117. The molecular weight excluding hydrogens is 404 g/mol. The predicted octanol–water partition coefficient (Wildman–Crippen LogP) is 3.60. The first-order valence-corrected chi connectivity index (χ1v) is 10.3. The van der Waals surface area contributed by atoms with Crippen LogP contribution in [0.15, 0.2) is 42.7 Å². The van der Waals surface area contributed by atoms with Crippen LogP contribution >= 0.6 is 11.6 Å². The summed E-state index contributed by atoms with van der Waals surface area (Å²) in [4.78, 5) is 36.6. The van der Waals surface area contributed by atoms with Crippen molar-refractivity contribution in [2.24, 2.45) is 0 Å². The maximum atomic E-state index is 13.1. The molecule has 0 fully saturated rings. The summed E-state index contributed by atoms with van der Waals surface area (Å²) in [5.74, 6) is 0.310. The van der Waals surface area contributed by atoms with Gasteiger partial charge in [0.2, 0.25) is 0 Å². The Morgan fingerprint density at radius 2 is 1.97 bits per heavy atom. The van der Waals surface area contributed by atoms with Crippen LogP contribution in [0.4, 0.5) is 0 Å². The van der Waals surface area contributed by atoms with Gasteiger partial charge in [0.25, 0.3) is 11.8 Å². The van der Waals surface area contributed by atoms with Crippen molar-refractivity contribution in [3.63, 3.8) is 0 Å². The number of rotatable bonds is 1. The number of fused-ring (bicyclic) bond motifs is 2. The first-order valence-electron chi connectivity index (χ1n) is 9.93. The topological polar surface area (TPSA) is 78.5 Å². The number of nitrogens with one attached hydrogen (secondary N) is 1. The van der Waals surface area contributed by atoms with E-state index in [0.717, 1.165) is 23.9 Å². The third-order valence-corrected chi connectivity index (χ3v) is 5.50. The molecule has 1 N–H and O–H groups in total. The van der Waals surface area contributed by atoms with Crippen LogP contribution in [0, 0.1) is 0 Å². The Balaban J connectivity index is 1.55. The number of nitrogens with zero attached hydrogens (tertiary/aromatic N) is 3. The number of carbonyl (C=O) groups is 2. The van der Waals surface area contributed by atoms with E-state index in [9.17, 15) is 9.59 Å². The fourth-order valence-corrected chi connectivity index (χ4v) is 3.76. The van der Waals surface area contributed by atoms with Crippen LogP contribution in [-0.4, -0.2) is 64.9 Å². The van der Waals surface area contributed by atoms with Gasteiger partial charge >= 0.3 is 0 Å². The van der Waals surface area contributed by atoms with Crippen molar-refractivity contribution < 1.29 is 14.3 Å². The SMILES string of the molecule is CN1CCCCN(C(=O)c2ccc3nc[nH]c3c2)CCOc2ccc(Cl)cc2C1=O. The van der Waals surface area contributed by atoms with Crippen molar-refractivity contribution in [1.82, 2.24) is 19.8 Å². The zero-order valence-corrected chi connectivity index (χ0v) is 17.5. The van der Waals surface area contributed by atoms with E-state index < -0.39 is 0 Å². The van der Waals surface area contributed by atoms with E-state index in [1.54, 1.807) is 47.4 Å². The number of benzene rings is 2. The molecule has 0 unspecified atom stereocenters. The normalized spacial score (nSPS) is 15.9. The van der Waals surface area contributed by atoms with Gasteiger partial charge in [-0.05, 0) is 49.2 Å². The summed E-state index contributed by atoms with van der Waals surface area (Å²) in [6.07, 6.45) is 3.20. The van der Waals surface area contributed by atoms with Crippen molar-refractivity contribution >= 4 is 34.4 Å². The van der Waals surface area contributed by atoms with Gasteiger partial charge in [0, 0.05) is 30.7 Å². The molecule has 0 radical (unpaired) electrons. The summed E-state index contributed by atoms with van der Waals surface area (Å²) in [5.41, 5.74) is 2.70. The Kier molecular flexibility index (Phi) is 5.90. The number of H-pyrrole nitrogens is 1. The molecule has 3 aromatic rings. The maximum Gasteiger partial charge on any atom is 0.257 e. The Bertz CT molecular complexity index is 1080. The fraction of sp³-hybridized carbons (Fsp3) is 0.318. The molecule has 2 aromatic carbocycles. The molecule has 0 aliphatic carbocycles. The lowest BCUT2D eigenvalue weighted by molar-refractivity contribution is 0.0704. The van der Waals surface area contributed by atoms with Gasteiger partial charge in [0.1, 0.15) is 12.4 Å². The lowest BCUT2D eigenvalue weighted by Gasteiger charge is -2.26. The molecule has 0 saturated carbocycles. The third kappa shape index (κ3) is 4.26. The molecule has 0 spiro atoms. The third-order valence-electron chi connectivity index (χ3n) is 5.26. The van der Waals surface area contributed by atoms with Crippen molar-refractivity contribution in [1.29, 1.82) is 0 Å². The highest BCUT2D eigenvalue weighted by Crippen LogP contribution is 2.25. The highest BCUT2D eigenvalue weighted by atomic mass is 35.5. The highest BCUT2D eigenvalue weighted by molar-refractivity contribution is 6.31. The van der Waals surface area contributed by atoms with E-state index in [2.05, 4.69) is 9.97 Å². The zero-order chi connectivity index (χ0) is 21.1. The molecular formula is C22H23ClN4O3. The molecule has 0 bridgehead atoms. The van der Waals surface area contributed by atoms with Crippen LogP contribution in [0.5, 0.6) is 5.75 Å². The lowest BCUT2D eigenvalue weighted by Crippen LogP contribution is -2.37. The van der Waals surface area contributed by atoms with Crippen molar-refractivity contribution in [2.45, 2.75) is 12.8 Å². The largest absolute Gasteiger partial charge is 0.491 e. The van der Waals surface area contributed by atoms with Crippen LogP contribution in [0.1, 0.15) is 33.6 Å². The van der Waals surface area contributed by atoms with E-state index in [1.165, 1.54) is 0 Å². The average molecular weight is 427 g/mol. The molecule has 7 nitrogen and oxygen atoms in total. The fourth-order valence-electron chi connectivity index (χ4n) is 3.59. The Labute approximate surface area is 179 Å². The number of aromatic amines is 1. The number of ether oxygens (including phenoxy) is 1. The summed E-state index contributed by atoms with van der Waals surface area (Å²) in [6, 6.07) is 10.5. The molecule has 0 atom stereocenters. The average Bonchev–Trinajstić information content (AvgIpc) is 3.22. The summed E-state index contributed by atoms with van der Waals surface area (Å²) >= 11 is 6.09. The quantitative estimate of drug-likeness (QED) is 0.644. The zero-order valence-electron chi connectivity index (χ0n) is 16.7. The van der Waals surface area contributed by atoms with Crippen LogP contribution in [0.25, 0.3) is 11.0 Å². The van der Waals surface area contributed by atoms with Crippen molar-refractivity contribution in [3.05, 3.63) is 58.9 Å². The standard InChI is InChI=1S/C22H23ClN4O3/c1-26-8-2-3-9-27(21(28)15-4-6-18-19(12-15)25-14-24-18)10-11-30-20-7-5-16(23)13-17(20)22(26)29/h4-7,12-14H,2-3,8-11H2,1H3,(H,24,25). The number of aromatic nitrogens is 2. The monoisotopic (exact) mass is 426 g/mol. The first kappa shape index (κ1) is 20.2. The summed E-state index contributed by atoms with van der Waals surface area (Å²) in [6.45, 7) is 1.89. The molecule has 156 valence electrons. The molecule has 2 heterocycles. The summed E-state index contributed by atoms with van der Waals surface area (Å²) in [5, 5.41) is 0.484. The minimum absolute atomic E-state index is 0.0482. The first-order chi connectivity index (χ1) is 14.5. The highest BCUT2D eigenvalue weighted by Gasteiger charge is 2.21. The van der Waals surface area contributed by atoms with Gasteiger partial charge in [-0.2, -0.15) is 0 Å². The molecule has 4 rings (SSSR count). The molecule has 1 aliphatic rings. The number of amides is 2. The number of carbonyl (C=O) groups excluding carboxylic acids is 2. The van der Waals surface area contributed by atoms with Gasteiger partial charge in [-0.1, -0.05) is 11.6 Å². The van der Waals surface area contributed by atoms with Crippen LogP contribution in [0.2, 0.25) is 5.02 Å². The Morgan fingerprint density at radius 1 is 1.13 bits per heavy atom. The van der Waals surface area contributed by atoms with Gasteiger partial charge in [0.15, 0.2) is 0 Å². The van der Waals surface area contributed by atoms with Gasteiger partial charge < -0.3 is 19.5 Å². The van der Waals surface area contributed by atoms with Gasteiger partial charge in [-0.3, -0.25) is 9.59 Å². The second-order valence-electron chi connectivity index (χ2n) is 7.35. The van der Waals surface area contributed by atoms with Crippen molar-refractivity contribution in [3.8, 4) is 5.75 Å². The lowest BCUT2D eigenvalue weighted by atomic mass is 10.1. The van der Waals surface area contributed by atoms with Gasteiger partial charge in [-0.15, -0.1) is 0 Å². The van der Waals surface area contributed by atoms with E-state index in [4.69, 9.17) is 16.3 Å². The summed E-state index contributed by atoms with van der Waals surface area (Å²) in [7, 11) is 1.77. The second kappa shape index (κ2) is 8.75. The predicted molar refractivity (Wildman–Crippen MR) is 115 cm³/mol. The molecule has 2 amide bonds.